The predicted octanol–water partition coefficient (Wildman–Crippen LogP) is 0.945. The van der Waals surface area contributed by atoms with Crippen LogP contribution in [0, 0.1) is 5.41 Å². The molecule has 0 bridgehead atoms. The molecule has 0 aliphatic rings. The third-order valence-corrected chi connectivity index (χ3v) is 4.08. The number of aromatic amines is 1. The van der Waals surface area contributed by atoms with Crippen LogP contribution in [-0.2, 0) is 11.3 Å². The monoisotopic (exact) mass is 368 g/mol. The summed E-state index contributed by atoms with van der Waals surface area (Å²) in [4.78, 5) is 38.3. The highest BCUT2D eigenvalue weighted by Crippen LogP contribution is 2.14. The van der Waals surface area contributed by atoms with E-state index in [1.165, 1.54) is 4.68 Å². The van der Waals surface area contributed by atoms with Gasteiger partial charge in [0.1, 0.15) is 0 Å². The number of nitrogens with two attached hydrogens (primary N) is 1. The number of hydrogen-bond donors (Lipinski definition) is 2. The zero-order valence-corrected chi connectivity index (χ0v) is 15.6. The van der Waals surface area contributed by atoms with Gasteiger partial charge in [-0.25, -0.2) is 4.68 Å². The molecule has 0 spiro atoms. The molecular weight excluding hydrogens is 344 g/mol. The number of H-pyrrole nitrogens is 1. The number of aromatic nitrogens is 2. The number of amides is 1. The fourth-order valence-electron chi connectivity index (χ4n) is 2.60. The molecule has 7 nitrogen and oxygen atoms in total. The molecule has 0 unspecified atom stereocenters. The number of nitrogens with one attached hydrogen (secondary N) is 1. The molecule has 1 aromatic heterocycles. The Morgan fingerprint density at radius 3 is 2.44 bits per heavy atom. The van der Waals surface area contributed by atoms with Gasteiger partial charge in [-0.2, -0.15) is 0 Å². The lowest BCUT2D eigenvalue weighted by Gasteiger charge is -2.29. The van der Waals surface area contributed by atoms with Crippen molar-refractivity contribution in [3.63, 3.8) is 0 Å². The summed E-state index contributed by atoms with van der Waals surface area (Å²) in [6, 6.07) is 6.63. The SMILES string of the molecule is CN(CC(C)(C)CN)C(=O)CCn1[nH]c(=O)c2ccccc2c1=O.Cl. The quantitative estimate of drug-likeness (QED) is 0.792. The highest BCUT2D eigenvalue weighted by Gasteiger charge is 2.21. The first-order valence-electron chi connectivity index (χ1n) is 7.91. The van der Waals surface area contributed by atoms with Crippen molar-refractivity contribution in [1.82, 2.24) is 14.7 Å². The Bertz CT molecular complexity index is 857. The minimum atomic E-state index is -0.338. The van der Waals surface area contributed by atoms with E-state index >= 15 is 0 Å². The third-order valence-electron chi connectivity index (χ3n) is 4.08. The topological polar surface area (TPSA) is 101 Å². The van der Waals surface area contributed by atoms with E-state index in [2.05, 4.69) is 5.10 Å². The Labute approximate surface area is 152 Å². The van der Waals surface area contributed by atoms with Crippen LogP contribution >= 0.6 is 12.4 Å². The van der Waals surface area contributed by atoms with Gasteiger partial charge in [-0.3, -0.25) is 19.5 Å². The van der Waals surface area contributed by atoms with Gasteiger partial charge < -0.3 is 10.6 Å². The van der Waals surface area contributed by atoms with E-state index in [4.69, 9.17) is 5.73 Å². The highest BCUT2D eigenvalue weighted by atomic mass is 35.5. The molecule has 0 aliphatic carbocycles. The predicted molar refractivity (Wildman–Crippen MR) is 101 cm³/mol. The summed E-state index contributed by atoms with van der Waals surface area (Å²) in [6.45, 7) is 5.11. The maximum atomic E-state index is 12.4. The number of carbonyl (C=O) groups is 1. The fraction of sp³-hybridized carbons (Fsp3) is 0.471. The average Bonchev–Trinajstić information content (AvgIpc) is 2.56. The first-order valence-corrected chi connectivity index (χ1v) is 7.91. The van der Waals surface area contributed by atoms with Gasteiger partial charge in [-0.05, 0) is 24.1 Å². The van der Waals surface area contributed by atoms with Crippen LogP contribution in [0.25, 0.3) is 10.8 Å². The molecule has 1 heterocycles. The van der Waals surface area contributed by atoms with Crippen molar-refractivity contribution in [2.45, 2.75) is 26.8 Å². The summed E-state index contributed by atoms with van der Waals surface area (Å²) in [7, 11) is 1.71. The van der Waals surface area contributed by atoms with Gasteiger partial charge >= 0.3 is 0 Å². The smallest absolute Gasteiger partial charge is 0.273 e. The molecular formula is C17H25ClN4O3. The number of benzene rings is 1. The van der Waals surface area contributed by atoms with Gasteiger partial charge in [-0.15, -0.1) is 12.4 Å². The van der Waals surface area contributed by atoms with Crippen LogP contribution < -0.4 is 16.9 Å². The van der Waals surface area contributed by atoms with Crippen molar-refractivity contribution in [3.05, 3.63) is 45.0 Å². The Hall–Kier alpha value is -2.12. The van der Waals surface area contributed by atoms with Crippen LogP contribution in [0.15, 0.2) is 33.9 Å². The second-order valence-corrected chi connectivity index (χ2v) is 6.81. The lowest BCUT2D eigenvalue weighted by atomic mass is 9.93. The van der Waals surface area contributed by atoms with E-state index in [0.717, 1.165) is 0 Å². The summed E-state index contributed by atoms with van der Waals surface area (Å²) in [5.41, 5.74) is 4.88. The molecule has 1 amide bonds. The van der Waals surface area contributed by atoms with Gasteiger partial charge in [0.05, 0.1) is 17.3 Å². The van der Waals surface area contributed by atoms with Gasteiger partial charge in [0.15, 0.2) is 0 Å². The first-order chi connectivity index (χ1) is 11.2. The van der Waals surface area contributed by atoms with E-state index in [-0.39, 0.29) is 47.8 Å². The Balaban J connectivity index is 0.00000312. The van der Waals surface area contributed by atoms with E-state index in [0.29, 0.717) is 23.9 Å². The van der Waals surface area contributed by atoms with E-state index in [9.17, 15) is 14.4 Å². The number of hydrogen-bond acceptors (Lipinski definition) is 4. The van der Waals surface area contributed by atoms with Crippen molar-refractivity contribution >= 4 is 29.1 Å². The summed E-state index contributed by atoms with van der Waals surface area (Å²) in [6.07, 6.45) is 0.130. The summed E-state index contributed by atoms with van der Waals surface area (Å²) >= 11 is 0. The Kier molecular flexibility index (Phi) is 6.96. The molecule has 0 aliphatic heterocycles. The molecule has 0 atom stereocenters. The molecule has 0 fully saturated rings. The zero-order valence-electron chi connectivity index (χ0n) is 14.7. The first kappa shape index (κ1) is 20.9. The molecule has 3 N–H and O–H groups in total. The number of aryl methyl sites for hydroxylation is 1. The van der Waals surface area contributed by atoms with Gasteiger partial charge in [0.25, 0.3) is 11.1 Å². The van der Waals surface area contributed by atoms with Crippen molar-refractivity contribution in [1.29, 1.82) is 0 Å². The van der Waals surface area contributed by atoms with Gasteiger partial charge in [0, 0.05) is 20.0 Å². The van der Waals surface area contributed by atoms with Crippen LogP contribution in [0.2, 0.25) is 0 Å². The molecule has 8 heteroatoms. The minimum absolute atomic E-state index is 0. The van der Waals surface area contributed by atoms with Crippen LogP contribution in [0.1, 0.15) is 20.3 Å². The lowest BCUT2D eigenvalue weighted by Crippen LogP contribution is -2.40. The molecule has 2 aromatic rings. The molecule has 0 radical (unpaired) electrons. The van der Waals surface area contributed by atoms with Crippen molar-refractivity contribution in [2.24, 2.45) is 11.1 Å². The molecule has 2 rings (SSSR count). The summed E-state index contributed by atoms with van der Waals surface area (Å²) < 4.78 is 1.20. The maximum absolute atomic E-state index is 12.4. The molecule has 0 saturated carbocycles. The van der Waals surface area contributed by atoms with E-state index in [1.807, 2.05) is 13.8 Å². The zero-order chi connectivity index (χ0) is 17.9. The molecule has 0 saturated heterocycles. The number of carbonyl (C=O) groups excluding carboxylic acids is 1. The number of halogens is 1. The maximum Gasteiger partial charge on any atom is 0.273 e. The van der Waals surface area contributed by atoms with E-state index < -0.39 is 0 Å². The number of nitrogens with zero attached hydrogens (tertiary/aromatic N) is 2. The normalized spacial score (nSPS) is 11.2. The van der Waals surface area contributed by atoms with Crippen molar-refractivity contribution in [2.75, 3.05) is 20.1 Å². The van der Waals surface area contributed by atoms with Crippen LogP contribution in [0.5, 0.6) is 0 Å². The molecule has 138 valence electrons. The largest absolute Gasteiger partial charge is 0.345 e. The van der Waals surface area contributed by atoms with Crippen molar-refractivity contribution < 1.29 is 4.79 Å². The lowest BCUT2D eigenvalue weighted by molar-refractivity contribution is -0.131. The fourth-order valence-corrected chi connectivity index (χ4v) is 2.60. The minimum Gasteiger partial charge on any atom is -0.345 e. The number of fused-ring (bicyclic) bond motifs is 1. The summed E-state index contributed by atoms with van der Waals surface area (Å²) in [5.74, 6) is -0.0996. The molecule has 25 heavy (non-hydrogen) atoms. The second-order valence-electron chi connectivity index (χ2n) is 6.81. The second kappa shape index (κ2) is 8.31. The van der Waals surface area contributed by atoms with E-state index in [1.54, 1.807) is 36.2 Å². The van der Waals surface area contributed by atoms with Crippen molar-refractivity contribution in [3.8, 4) is 0 Å². The van der Waals surface area contributed by atoms with Crippen LogP contribution in [0.3, 0.4) is 0 Å². The average molecular weight is 369 g/mol. The van der Waals surface area contributed by atoms with Gasteiger partial charge in [0.2, 0.25) is 5.91 Å². The third kappa shape index (κ3) is 4.93. The Morgan fingerprint density at radius 2 is 1.84 bits per heavy atom. The Morgan fingerprint density at radius 1 is 1.24 bits per heavy atom. The molecule has 1 aromatic carbocycles. The van der Waals surface area contributed by atoms with Crippen LogP contribution in [-0.4, -0.2) is 40.7 Å². The van der Waals surface area contributed by atoms with Crippen LogP contribution in [0.4, 0.5) is 0 Å². The standard InChI is InChI=1S/C17H24N4O3.ClH/c1-17(2,10-18)11-20(3)14(22)8-9-21-16(24)13-7-5-4-6-12(13)15(23)19-21;/h4-7H,8-11,18H2,1-3H3,(H,19,23);1H. The number of rotatable bonds is 6. The highest BCUT2D eigenvalue weighted by molar-refractivity contribution is 5.85. The van der Waals surface area contributed by atoms with Gasteiger partial charge in [-0.1, -0.05) is 26.0 Å². The summed E-state index contributed by atoms with van der Waals surface area (Å²) in [5, 5.41) is 3.24.